The van der Waals surface area contributed by atoms with Crippen LogP contribution < -0.4 is 10.1 Å². The van der Waals surface area contributed by atoms with Gasteiger partial charge in [0.2, 0.25) is 5.91 Å². The fourth-order valence-corrected chi connectivity index (χ4v) is 3.37. The summed E-state index contributed by atoms with van der Waals surface area (Å²) in [6, 6.07) is 28.9. The maximum absolute atomic E-state index is 13.1. The van der Waals surface area contributed by atoms with Crippen LogP contribution in [0.25, 0.3) is 11.3 Å². The van der Waals surface area contributed by atoms with E-state index in [9.17, 15) is 4.79 Å². The minimum atomic E-state index is -0.392. The third-order valence-electron chi connectivity index (χ3n) is 4.88. The Morgan fingerprint density at radius 1 is 0.933 bits per heavy atom. The summed E-state index contributed by atoms with van der Waals surface area (Å²) in [5.41, 5.74) is 3.41. The van der Waals surface area contributed by atoms with Gasteiger partial charge in [0.25, 0.3) is 0 Å². The van der Waals surface area contributed by atoms with Crippen molar-refractivity contribution in [1.29, 1.82) is 0 Å². The van der Waals surface area contributed by atoms with Crippen molar-refractivity contribution in [3.8, 4) is 17.1 Å². The highest BCUT2D eigenvalue weighted by Crippen LogP contribution is 2.26. The Kier molecular flexibility index (Phi) is 5.90. The zero-order valence-corrected chi connectivity index (χ0v) is 16.6. The van der Waals surface area contributed by atoms with Gasteiger partial charge in [-0.25, -0.2) is 0 Å². The molecule has 0 spiro atoms. The highest BCUT2D eigenvalue weighted by molar-refractivity contribution is 5.87. The van der Waals surface area contributed by atoms with Gasteiger partial charge in [0.05, 0.1) is 19.6 Å². The predicted octanol–water partition coefficient (Wildman–Crippen LogP) is 4.80. The van der Waals surface area contributed by atoms with E-state index in [0.29, 0.717) is 11.5 Å². The van der Waals surface area contributed by atoms with E-state index >= 15 is 0 Å². The standard InChI is InChI=1S/C25H22N2O3/c1-29-22-14-8-13-20(15-22)23-16-21(27-30-23)17-26-25(28)24(18-9-4-2-5-10-18)19-11-6-3-7-12-19/h2-16,24H,17H2,1H3,(H,26,28). The topological polar surface area (TPSA) is 64.4 Å². The van der Waals surface area contributed by atoms with Crippen molar-refractivity contribution < 1.29 is 14.1 Å². The molecule has 0 aliphatic rings. The molecular formula is C25H22N2O3. The lowest BCUT2D eigenvalue weighted by atomic mass is 9.90. The number of ether oxygens (including phenoxy) is 1. The lowest BCUT2D eigenvalue weighted by molar-refractivity contribution is -0.121. The molecule has 1 N–H and O–H groups in total. The summed E-state index contributed by atoms with van der Waals surface area (Å²) in [5, 5.41) is 7.09. The van der Waals surface area contributed by atoms with Crippen LogP contribution in [0.3, 0.4) is 0 Å². The van der Waals surface area contributed by atoms with Gasteiger partial charge in [-0.15, -0.1) is 0 Å². The molecule has 1 heterocycles. The quantitative estimate of drug-likeness (QED) is 0.486. The van der Waals surface area contributed by atoms with Crippen molar-refractivity contribution >= 4 is 5.91 Å². The Hall–Kier alpha value is -3.86. The number of benzene rings is 3. The zero-order chi connectivity index (χ0) is 20.8. The van der Waals surface area contributed by atoms with Crippen LogP contribution in [0.2, 0.25) is 0 Å². The fraction of sp³-hybridized carbons (Fsp3) is 0.120. The van der Waals surface area contributed by atoms with E-state index in [1.54, 1.807) is 7.11 Å². The van der Waals surface area contributed by atoms with Crippen LogP contribution in [0, 0.1) is 0 Å². The average molecular weight is 398 g/mol. The van der Waals surface area contributed by atoms with Gasteiger partial charge in [-0.1, -0.05) is 78.0 Å². The Balaban J connectivity index is 1.50. The first-order chi connectivity index (χ1) is 14.7. The molecule has 0 atom stereocenters. The highest BCUT2D eigenvalue weighted by atomic mass is 16.5. The predicted molar refractivity (Wildman–Crippen MR) is 115 cm³/mol. The highest BCUT2D eigenvalue weighted by Gasteiger charge is 2.22. The van der Waals surface area contributed by atoms with Crippen molar-refractivity contribution in [3.05, 3.63) is 108 Å². The first kappa shape index (κ1) is 19.5. The molecule has 30 heavy (non-hydrogen) atoms. The molecule has 0 fully saturated rings. The maximum atomic E-state index is 13.1. The number of methoxy groups -OCH3 is 1. The monoisotopic (exact) mass is 398 g/mol. The van der Waals surface area contributed by atoms with Crippen LogP contribution >= 0.6 is 0 Å². The number of rotatable bonds is 7. The van der Waals surface area contributed by atoms with Crippen molar-refractivity contribution in [2.75, 3.05) is 7.11 Å². The molecule has 5 heteroatoms. The van der Waals surface area contributed by atoms with Crippen molar-refractivity contribution in [1.82, 2.24) is 10.5 Å². The van der Waals surface area contributed by atoms with Gasteiger partial charge in [-0.2, -0.15) is 0 Å². The Labute approximate surface area is 175 Å². The van der Waals surface area contributed by atoms with Crippen LogP contribution in [-0.2, 0) is 11.3 Å². The second-order valence-electron chi connectivity index (χ2n) is 6.89. The number of aromatic nitrogens is 1. The number of hydrogen-bond donors (Lipinski definition) is 1. The van der Waals surface area contributed by atoms with Gasteiger partial charge in [0.15, 0.2) is 5.76 Å². The van der Waals surface area contributed by atoms with E-state index in [0.717, 1.165) is 22.4 Å². The number of carbonyl (C=O) groups excluding carboxylic acids is 1. The van der Waals surface area contributed by atoms with E-state index in [1.165, 1.54) is 0 Å². The van der Waals surface area contributed by atoms with E-state index in [-0.39, 0.29) is 12.5 Å². The summed E-state index contributed by atoms with van der Waals surface area (Å²) in [7, 11) is 1.62. The van der Waals surface area contributed by atoms with Crippen LogP contribution in [0.4, 0.5) is 0 Å². The third-order valence-corrected chi connectivity index (χ3v) is 4.88. The van der Waals surface area contributed by atoms with E-state index in [2.05, 4.69) is 10.5 Å². The molecule has 0 radical (unpaired) electrons. The normalized spacial score (nSPS) is 10.7. The molecule has 3 aromatic carbocycles. The zero-order valence-electron chi connectivity index (χ0n) is 16.6. The molecule has 5 nitrogen and oxygen atoms in total. The van der Waals surface area contributed by atoms with Crippen molar-refractivity contribution in [3.63, 3.8) is 0 Å². The van der Waals surface area contributed by atoms with Gasteiger partial charge in [-0.3, -0.25) is 4.79 Å². The molecule has 0 aliphatic carbocycles. The largest absolute Gasteiger partial charge is 0.497 e. The molecule has 0 saturated heterocycles. The average Bonchev–Trinajstić information content (AvgIpc) is 3.29. The molecular weight excluding hydrogens is 376 g/mol. The summed E-state index contributed by atoms with van der Waals surface area (Å²) in [6.07, 6.45) is 0. The van der Waals surface area contributed by atoms with Gasteiger partial charge >= 0.3 is 0 Å². The fourth-order valence-electron chi connectivity index (χ4n) is 3.37. The van der Waals surface area contributed by atoms with Crippen LogP contribution in [0.1, 0.15) is 22.7 Å². The van der Waals surface area contributed by atoms with E-state index in [1.807, 2.05) is 91.0 Å². The molecule has 4 rings (SSSR count). The Morgan fingerprint density at radius 3 is 2.23 bits per heavy atom. The van der Waals surface area contributed by atoms with Crippen LogP contribution in [0.15, 0.2) is 95.5 Å². The summed E-state index contributed by atoms with van der Waals surface area (Å²) in [5.74, 6) is 0.892. The van der Waals surface area contributed by atoms with Crippen molar-refractivity contribution in [2.45, 2.75) is 12.5 Å². The Bertz CT molecular complexity index is 1070. The van der Waals surface area contributed by atoms with E-state index < -0.39 is 5.92 Å². The summed E-state index contributed by atoms with van der Waals surface area (Å²) in [4.78, 5) is 13.1. The van der Waals surface area contributed by atoms with Crippen molar-refractivity contribution in [2.24, 2.45) is 0 Å². The molecule has 0 aliphatic heterocycles. The minimum Gasteiger partial charge on any atom is -0.497 e. The number of nitrogens with one attached hydrogen (secondary N) is 1. The maximum Gasteiger partial charge on any atom is 0.232 e. The van der Waals surface area contributed by atoms with Crippen LogP contribution in [-0.4, -0.2) is 18.2 Å². The first-order valence-electron chi connectivity index (χ1n) is 9.72. The summed E-state index contributed by atoms with van der Waals surface area (Å²) >= 11 is 0. The summed E-state index contributed by atoms with van der Waals surface area (Å²) < 4.78 is 10.7. The number of nitrogens with zero attached hydrogens (tertiary/aromatic N) is 1. The van der Waals surface area contributed by atoms with Gasteiger partial charge in [0.1, 0.15) is 11.4 Å². The molecule has 150 valence electrons. The van der Waals surface area contributed by atoms with Gasteiger partial charge in [-0.05, 0) is 23.3 Å². The molecule has 0 saturated carbocycles. The number of amides is 1. The minimum absolute atomic E-state index is 0.0849. The second kappa shape index (κ2) is 9.09. The second-order valence-corrected chi connectivity index (χ2v) is 6.89. The summed E-state index contributed by atoms with van der Waals surface area (Å²) in [6.45, 7) is 0.280. The number of carbonyl (C=O) groups is 1. The molecule has 1 amide bonds. The molecule has 1 aromatic heterocycles. The van der Waals surface area contributed by atoms with Gasteiger partial charge in [0, 0.05) is 11.6 Å². The molecule has 0 bridgehead atoms. The smallest absolute Gasteiger partial charge is 0.232 e. The molecule has 4 aromatic rings. The SMILES string of the molecule is COc1cccc(-c2cc(CNC(=O)C(c3ccccc3)c3ccccc3)no2)c1. The third kappa shape index (κ3) is 4.41. The van der Waals surface area contributed by atoms with Gasteiger partial charge < -0.3 is 14.6 Å². The van der Waals surface area contributed by atoms with E-state index in [4.69, 9.17) is 9.26 Å². The first-order valence-corrected chi connectivity index (χ1v) is 9.72. The number of hydrogen-bond acceptors (Lipinski definition) is 4. The lowest BCUT2D eigenvalue weighted by Gasteiger charge is -2.17. The Morgan fingerprint density at radius 2 is 1.60 bits per heavy atom. The van der Waals surface area contributed by atoms with Crippen LogP contribution in [0.5, 0.6) is 5.75 Å². The molecule has 0 unspecified atom stereocenters. The lowest BCUT2D eigenvalue weighted by Crippen LogP contribution is -2.29.